The maximum atomic E-state index is 12.7. The molecule has 2 rings (SSSR count). The molecule has 5 heteroatoms. The number of benzene rings is 1. The molecule has 0 aliphatic carbocycles. The molecular weight excluding hydrogens is 308 g/mol. The van der Waals surface area contributed by atoms with Crippen molar-refractivity contribution in [1.29, 1.82) is 0 Å². The number of carbonyl (C=O) groups is 1. The zero-order valence-corrected chi connectivity index (χ0v) is 15.2. The smallest absolute Gasteiger partial charge is 0.254 e. The van der Waals surface area contributed by atoms with E-state index >= 15 is 0 Å². The molecule has 0 saturated heterocycles. The maximum Gasteiger partial charge on any atom is 0.254 e. The highest BCUT2D eigenvalue weighted by atomic mass is 32.2. The number of rotatable bonds is 6. The van der Waals surface area contributed by atoms with Gasteiger partial charge in [-0.2, -0.15) is 0 Å². The van der Waals surface area contributed by atoms with Crippen molar-refractivity contribution in [2.24, 2.45) is 5.92 Å². The molecule has 124 valence electrons. The highest BCUT2D eigenvalue weighted by Crippen LogP contribution is 2.29. The first kappa shape index (κ1) is 17.6. The van der Waals surface area contributed by atoms with E-state index in [1.165, 1.54) is 0 Å². The minimum Gasteiger partial charge on any atom is -0.361 e. The van der Waals surface area contributed by atoms with Gasteiger partial charge in [-0.1, -0.05) is 31.1 Å². The summed E-state index contributed by atoms with van der Waals surface area (Å²) in [6.07, 6.45) is 0. The molecule has 4 nitrogen and oxygen atoms in total. The summed E-state index contributed by atoms with van der Waals surface area (Å²) in [5, 5.41) is 3.98. The molecule has 2 aromatic rings. The number of hydrogen-bond acceptors (Lipinski definition) is 4. The van der Waals surface area contributed by atoms with Crippen LogP contribution >= 0.6 is 11.8 Å². The van der Waals surface area contributed by atoms with Crippen LogP contribution in [0.1, 0.15) is 41.2 Å². The van der Waals surface area contributed by atoms with Crippen LogP contribution in [-0.2, 0) is 5.75 Å². The highest BCUT2D eigenvalue weighted by Gasteiger charge is 2.17. The minimum atomic E-state index is 0.0700. The van der Waals surface area contributed by atoms with Gasteiger partial charge in [0.2, 0.25) is 0 Å². The molecule has 0 N–H and O–H groups in total. The summed E-state index contributed by atoms with van der Waals surface area (Å²) in [5.41, 5.74) is 2.77. The molecule has 1 heterocycles. The molecule has 0 saturated carbocycles. The van der Waals surface area contributed by atoms with Crippen LogP contribution in [0.5, 0.6) is 0 Å². The van der Waals surface area contributed by atoms with Gasteiger partial charge in [-0.15, -0.1) is 11.8 Å². The monoisotopic (exact) mass is 332 g/mol. The zero-order valence-electron chi connectivity index (χ0n) is 14.4. The number of thioether (sulfide) groups is 1. The lowest BCUT2D eigenvalue weighted by atomic mass is 10.1. The number of aromatic nitrogens is 1. The number of amides is 1. The summed E-state index contributed by atoms with van der Waals surface area (Å²) in [6, 6.07) is 7.78. The van der Waals surface area contributed by atoms with Crippen LogP contribution in [0, 0.1) is 19.8 Å². The predicted molar refractivity (Wildman–Crippen MR) is 93.8 cm³/mol. The molecule has 1 amide bonds. The van der Waals surface area contributed by atoms with Crippen molar-refractivity contribution in [1.82, 2.24) is 10.1 Å². The number of aryl methyl sites for hydroxylation is 2. The third-order valence-corrected chi connectivity index (χ3v) is 4.76. The quantitative estimate of drug-likeness (QED) is 0.739. The molecule has 1 aromatic heterocycles. The second-order valence-corrected chi connectivity index (χ2v) is 7.18. The van der Waals surface area contributed by atoms with Crippen molar-refractivity contribution in [3.05, 3.63) is 46.8 Å². The van der Waals surface area contributed by atoms with Gasteiger partial charge in [0, 0.05) is 29.8 Å². The average molecular weight is 332 g/mol. The lowest BCUT2D eigenvalue weighted by Gasteiger charge is -2.20. The minimum absolute atomic E-state index is 0.0700. The lowest BCUT2D eigenvalue weighted by Crippen LogP contribution is -2.30. The van der Waals surface area contributed by atoms with Crippen molar-refractivity contribution in [3.8, 4) is 0 Å². The van der Waals surface area contributed by atoms with E-state index in [1.54, 1.807) is 16.7 Å². The molecule has 0 fully saturated rings. The summed E-state index contributed by atoms with van der Waals surface area (Å²) in [4.78, 5) is 15.5. The van der Waals surface area contributed by atoms with Crippen LogP contribution in [0.25, 0.3) is 0 Å². The molecule has 0 aliphatic heterocycles. The van der Waals surface area contributed by atoms with Crippen molar-refractivity contribution in [2.45, 2.75) is 38.3 Å². The summed E-state index contributed by atoms with van der Waals surface area (Å²) in [7, 11) is 1.86. The van der Waals surface area contributed by atoms with Crippen molar-refractivity contribution in [3.63, 3.8) is 0 Å². The van der Waals surface area contributed by atoms with Gasteiger partial charge in [0.1, 0.15) is 5.76 Å². The third-order valence-electron chi connectivity index (χ3n) is 3.66. The standard InChI is InChI=1S/C18H24N2O2S/c1-12(2)10-20(5)18(21)15-8-6-7-9-17(15)23-11-16-13(3)19-22-14(16)4/h6-9,12H,10-11H2,1-5H3. The largest absolute Gasteiger partial charge is 0.361 e. The van der Waals surface area contributed by atoms with Crippen LogP contribution in [0.15, 0.2) is 33.7 Å². The van der Waals surface area contributed by atoms with Gasteiger partial charge in [0.25, 0.3) is 5.91 Å². The van der Waals surface area contributed by atoms with E-state index in [2.05, 4.69) is 19.0 Å². The lowest BCUT2D eigenvalue weighted by molar-refractivity contribution is 0.0775. The Labute approximate surface area is 142 Å². The fourth-order valence-electron chi connectivity index (χ4n) is 2.46. The molecule has 0 aliphatic rings. The number of hydrogen-bond donors (Lipinski definition) is 0. The Morgan fingerprint density at radius 3 is 2.61 bits per heavy atom. The second kappa shape index (κ2) is 7.68. The van der Waals surface area contributed by atoms with Crippen LogP contribution < -0.4 is 0 Å². The SMILES string of the molecule is Cc1noc(C)c1CSc1ccccc1C(=O)N(C)CC(C)C. The predicted octanol–water partition coefficient (Wildman–Crippen LogP) is 4.31. The normalized spacial score (nSPS) is 11.0. The zero-order chi connectivity index (χ0) is 17.0. The first-order valence-electron chi connectivity index (χ1n) is 7.79. The molecule has 0 bridgehead atoms. The van der Waals surface area contributed by atoms with E-state index in [4.69, 9.17) is 4.52 Å². The van der Waals surface area contributed by atoms with Crippen LogP contribution in [-0.4, -0.2) is 29.6 Å². The molecule has 23 heavy (non-hydrogen) atoms. The Bertz CT molecular complexity index is 660. The molecule has 1 aromatic carbocycles. The Morgan fingerprint density at radius 1 is 1.30 bits per heavy atom. The molecular formula is C18H24N2O2S. The van der Waals surface area contributed by atoms with Gasteiger partial charge < -0.3 is 9.42 Å². The van der Waals surface area contributed by atoms with Gasteiger partial charge in [0.05, 0.1) is 11.3 Å². The summed E-state index contributed by atoms with van der Waals surface area (Å²) >= 11 is 1.65. The Kier molecular flexibility index (Phi) is 5.88. The summed E-state index contributed by atoms with van der Waals surface area (Å²) in [5.74, 6) is 2.11. The van der Waals surface area contributed by atoms with Crippen LogP contribution in [0.4, 0.5) is 0 Å². The molecule has 0 unspecified atom stereocenters. The first-order chi connectivity index (χ1) is 10.9. The Hall–Kier alpha value is -1.75. The molecule has 0 spiro atoms. The second-order valence-electron chi connectivity index (χ2n) is 6.17. The molecule has 0 atom stereocenters. The van der Waals surface area contributed by atoms with Gasteiger partial charge in [-0.25, -0.2) is 0 Å². The number of carbonyl (C=O) groups excluding carboxylic acids is 1. The first-order valence-corrected chi connectivity index (χ1v) is 8.77. The average Bonchev–Trinajstić information content (AvgIpc) is 2.83. The molecule has 0 radical (unpaired) electrons. The Morgan fingerprint density at radius 2 is 2.00 bits per heavy atom. The van der Waals surface area contributed by atoms with E-state index in [9.17, 15) is 4.79 Å². The topological polar surface area (TPSA) is 46.3 Å². The van der Waals surface area contributed by atoms with Crippen LogP contribution in [0.3, 0.4) is 0 Å². The van der Waals surface area contributed by atoms with Gasteiger partial charge in [-0.05, 0) is 31.9 Å². The Balaban J connectivity index is 2.16. The van der Waals surface area contributed by atoms with E-state index in [1.807, 2.05) is 45.2 Å². The van der Waals surface area contributed by atoms with Gasteiger partial charge in [0.15, 0.2) is 0 Å². The maximum absolute atomic E-state index is 12.7. The van der Waals surface area contributed by atoms with Crippen molar-refractivity contribution in [2.75, 3.05) is 13.6 Å². The summed E-state index contributed by atoms with van der Waals surface area (Å²) < 4.78 is 5.20. The fourth-order valence-corrected chi connectivity index (χ4v) is 3.66. The van der Waals surface area contributed by atoms with E-state index in [0.717, 1.165) is 39.8 Å². The fraction of sp³-hybridized carbons (Fsp3) is 0.444. The summed E-state index contributed by atoms with van der Waals surface area (Å²) in [6.45, 7) is 8.84. The van der Waals surface area contributed by atoms with E-state index in [0.29, 0.717) is 5.92 Å². The van der Waals surface area contributed by atoms with Gasteiger partial charge in [-0.3, -0.25) is 4.79 Å². The van der Waals surface area contributed by atoms with Gasteiger partial charge >= 0.3 is 0 Å². The third kappa shape index (κ3) is 4.38. The number of nitrogens with zero attached hydrogens (tertiary/aromatic N) is 2. The van der Waals surface area contributed by atoms with E-state index in [-0.39, 0.29) is 5.91 Å². The van der Waals surface area contributed by atoms with E-state index < -0.39 is 0 Å². The van der Waals surface area contributed by atoms with Crippen molar-refractivity contribution < 1.29 is 9.32 Å². The van der Waals surface area contributed by atoms with Crippen molar-refractivity contribution >= 4 is 17.7 Å². The van der Waals surface area contributed by atoms with Crippen LogP contribution in [0.2, 0.25) is 0 Å². The highest BCUT2D eigenvalue weighted by molar-refractivity contribution is 7.98.